The third-order valence-electron chi connectivity index (χ3n) is 2.64. The van der Waals surface area contributed by atoms with E-state index in [9.17, 15) is 0 Å². The number of nitrogen functional groups attached to an aromatic ring is 1. The number of nitrogens with zero attached hydrogens (tertiary/aromatic N) is 2. The molecule has 2 rings (SSSR count). The van der Waals surface area contributed by atoms with Gasteiger partial charge in [-0.1, -0.05) is 34.8 Å². The molecule has 0 amide bonds. The zero-order valence-electron chi connectivity index (χ0n) is 10.4. The topological polar surface area (TPSA) is 53.1 Å². The first-order valence-corrected chi connectivity index (χ1v) is 6.58. The number of nitrogens with two attached hydrogens (primary N) is 1. The molecule has 0 unspecified atom stereocenters. The second-order valence-electron chi connectivity index (χ2n) is 4.07. The number of hydrogen-bond donors (Lipinski definition) is 1. The van der Waals surface area contributed by atoms with Crippen molar-refractivity contribution in [3.05, 3.63) is 38.6 Å². The first-order chi connectivity index (χ1) is 8.90. The minimum absolute atomic E-state index is 0.222. The van der Waals surface area contributed by atoms with Crippen LogP contribution in [0.2, 0.25) is 15.1 Å². The highest BCUT2D eigenvalue weighted by atomic mass is 35.5. The summed E-state index contributed by atoms with van der Waals surface area (Å²) in [6, 6.07) is 3.16. The van der Waals surface area contributed by atoms with Crippen molar-refractivity contribution in [2.45, 2.75) is 13.5 Å². The molecule has 0 aliphatic carbocycles. The van der Waals surface area contributed by atoms with Crippen LogP contribution in [0.1, 0.15) is 11.4 Å². The Hall–Kier alpha value is -1.10. The van der Waals surface area contributed by atoms with Gasteiger partial charge in [0.05, 0.1) is 26.5 Å². The molecule has 2 N–H and O–H groups in total. The van der Waals surface area contributed by atoms with Crippen molar-refractivity contribution in [3.8, 4) is 5.75 Å². The lowest BCUT2D eigenvalue weighted by atomic mass is 10.3. The summed E-state index contributed by atoms with van der Waals surface area (Å²) in [6.07, 6.45) is 0. The molecule has 2 aromatic rings. The van der Waals surface area contributed by atoms with Gasteiger partial charge in [-0.25, -0.2) is 0 Å². The molecular weight excluding hydrogens is 309 g/mol. The molecular formula is C12H12Cl3N3O. The number of rotatable bonds is 3. The summed E-state index contributed by atoms with van der Waals surface area (Å²) in [4.78, 5) is 0. The van der Waals surface area contributed by atoms with Crippen LogP contribution in [-0.4, -0.2) is 9.78 Å². The fourth-order valence-electron chi connectivity index (χ4n) is 1.69. The highest BCUT2D eigenvalue weighted by molar-refractivity contribution is 6.37. The molecule has 0 aliphatic heterocycles. The van der Waals surface area contributed by atoms with Gasteiger partial charge in [-0.05, 0) is 19.1 Å². The molecule has 0 saturated heterocycles. The number of halogens is 3. The van der Waals surface area contributed by atoms with E-state index in [0.29, 0.717) is 26.5 Å². The summed E-state index contributed by atoms with van der Waals surface area (Å²) in [6.45, 7) is 2.05. The Morgan fingerprint density at radius 1 is 1.26 bits per heavy atom. The molecule has 0 spiro atoms. The fourth-order valence-corrected chi connectivity index (χ4v) is 2.52. The predicted molar refractivity (Wildman–Crippen MR) is 78.2 cm³/mol. The van der Waals surface area contributed by atoms with Crippen molar-refractivity contribution in [1.29, 1.82) is 0 Å². The van der Waals surface area contributed by atoms with Gasteiger partial charge in [0.1, 0.15) is 6.61 Å². The smallest absolute Gasteiger partial charge is 0.157 e. The van der Waals surface area contributed by atoms with E-state index >= 15 is 0 Å². The average Bonchev–Trinajstić information content (AvgIpc) is 2.53. The van der Waals surface area contributed by atoms with Gasteiger partial charge in [-0.2, -0.15) is 5.10 Å². The molecule has 0 atom stereocenters. The number of benzene rings is 1. The van der Waals surface area contributed by atoms with Crippen molar-refractivity contribution in [2.24, 2.45) is 7.05 Å². The molecule has 0 saturated carbocycles. The average molecular weight is 321 g/mol. The van der Waals surface area contributed by atoms with Gasteiger partial charge in [0.25, 0.3) is 0 Å². The maximum Gasteiger partial charge on any atom is 0.157 e. The van der Waals surface area contributed by atoms with E-state index in [1.165, 1.54) is 0 Å². The molecule has 7 heteroatoms. The van der Waals surface area contributed by atoms with E-state index in [-0.39, 0.29) is 6.61 Å². The highest BCUT2D eigenvalue weighted by Gasteiger charge is 2.14. The van der Waals surface area contributed by atoms with Gasteiger partial charge in [0.15, 0.2) is 5.75 Å². The molecule has 0 bridgehead atoms. The van der Waals surface area contributed by atoms with Crippen molar-refractivity contribution < 1.29 is 4.74 Å². The molecule has 102 valence electrons. The summed E-state index contributed by atoms with van der Waals surface area (Å²) in [5.41, 5.74) is 7.61. The van der Waals surface area contributed by atoms with E-state index in [0.717, 1.165) is 11.4 Å². The van der Waals surface area contributed by atoms with E-state index in [2.05, 4.69) is 5.10 Å². The predicted octanol–water partition coefficient (Wildman–Crippen LogP) is 3.85. The van der Waals surface area contributed by atoms with Crippen molar-refractivity contribution in [2.75, 3.05) is 5.73 Å². The summed E-state index contributed by atoms with van der Waals surface area (Å²) in [7, 11) is 1.80. The Morgan fingerprint density at radius 2 is 1.84 bits per heavy atom. The van der Waals surface area contributed by atoms with Crippen molar-refractivity contribution in [3.63, 3.8) is 0 Å². The van der Waals surface area contributed by atoms with Crippen molar-refractivity contribution >= 4 is 40.5 Å². The Labute approximate surface area is 126 Å². The van der Waals surface area contributed by atoms with Crippen LogP contribution in [0, 0.1) is 6.92 Å². The second kappa shape index (κ2) is 5.49. The maximum atomic E-state index is 6.14. The minimum atomic E-state index is 0.222. The van der Waals surface area contributed by atoms with Crippen LogP contribution in [0.25, 0.3) is 0 Å². The third-order valence-corrected chi connectivity index (χ3v) is 3.69. The van der Waals surface area contributed by atoms with E-state index in [1.807, 2.05) is 6.92 Å². The SMILES string of the molecule is Cc1nn(C)c(COc2c(Cl)cc(N)cc2Cl)c1Cl. The van der Waals surface area contributed by atoms with Crippen LogP contribution in [0.15, 0.2) is 12.1 Å². The summed E-state index contributed by atoms with van der Waals surface area (Å²) in [5, 5.41) is 5.50. The fraction of sp³-hybridized carbons (Fsp3) is 0.250. The van der Waals surface area contributed by atoms with E-state index in [4.69, 9.17) is 45.3 Å². The van der Waals surface area contributed by atoms with Crippen molar-refractivity contribution in [1.82, 2.24) is 9.78 Å². The molecule has 0 radical (unpaired) electrons. The Balaban J connectivity index is 2.24. The number of ether oxygens (including phenoxy) is 1. The lowest BCUT2D eigenvalue weighted by Crippen LogP contribution is -2.04. The van der Waals surface area contributed by atoms with Gasteiger partial charge in [0.2, 0.25) is 0 Å². The Kier molecular flexibility index (Phi) is 4.13. The van der Waals surface area contributed by atoms with Crippen LogP contribution >= 0.6 is 34.8 Å². The Morgan fingerprint density at radius 3 is 2.32 bits per heavy atom. The van der Waals surface area contributed by atoms with Crippen LogP contribution in [-0.2, 0) is 13.7 Å². The van der Waals surface area contributed by atoms with Crippen LogP contribution in [0.3, 0.4) is 0 Å². The standard InChI is InChI=1S/C12H12Cl3N3O/c1-6-11(15)10(18(2)17-6)5-19-12-8(13)3-7(16)4-9(12)14/h3-4H,5,16H2,1-2H3. The number of aryl methyl sites for hydroxylation is 2. The third kappa shape index (κ3) is 2.91. The molecule has 4 nitrogen and oxygen atoms in total. The molecule has 1 aromatic heterocycles. The van der Waals surface area contributed by atoms with E-state index in [1.54, 1.807) is 23.9 Å². The van der Waals surface area contributed by atoms with Gasteiger partial charge < -0.3 is 10.5 Å². The number of hydrogen-bond acceptors (Lipinski definition) is 3. The first kappa shape index (κ1) is 14.3. The second-order valence-corrected chi connectivity index (χ2v) is 5.26. The van der Waals surface area contributed by atoms with Crippen LogP contribution in [0.5, 0.6) is 5.75 Å². The summed E-state index contributed by atoms with van der Waals surface area (Å²) >= 11 is 18.2. The minimum Gasteiger partial charge on any atom is -0.484 e. The van der Waals surface area contributed by atoms with E-state index < -0.39 is 0 Å². The van der Waals surface area contributed by atoms with Crippen LogP contribution in [0.4, 0.5) is 5.69 Å². The molecule has 1 heterocycles. The van der Waals surface area contributed by atoms with Gasteiger partial charge in [-0.15, -0.1) is 0 Å². The first-order valence-electron chi connectivity index (χ1n) is 5.45. The maximum absolute atomic E-state index is 6.14. The van der Waals surface area contributed by atoms with Crippen LogP contribution < -0.4 is 10.5 Å². The van der Waals surface area contributed by atoms with Gasteiger partial charge in [-0.3, -0.25) is 4.68 Å². The molecule has 1 aromatic carbocycles. The molecule has 19 heavy (non-hydrogen) atoms. The lowest BCUT2D eigenvalue weighted by molar-refractivity contribution is 0.295. The molecule has 0 fully saturated rings. The number of aromatic nitrogens is 2. The van der Waals surface area contributed by atoms with Gasteiger partial charge >= 0.3 is 0 Å². The normalized spacial score (nSPS) is 10.8. The Bertz CT molecular complexity index is 602. The zero-order chi connectivity index (χ0) is 14.2. The largest absolute Gasteiger partial charge is 0.484 e. The molecule has 0 aliphatic rings. The zero-order valence-corrected chi connectivity index (χ0v) is 12.6. The monoisotopic (exact) mass is 319 g/mol. The highest BCUT2D eigenvalue weighted by Crippen LogP contribution is 2.36. The summed E-state index contributed by atoms with van der Waals surface area (Å²) in [5.74, 6) is 0.382. The quantitative estimate of drug-likeness (QED) is 0.874. The lowest BCUT2D eigenvalue weighted by Gasteiger charge is -2.11. The number of anilines is 1. The van der Waals surface area contributed by atoms with Gasteiger partial charge in [0, 0.05) is 12.7 Å². The summed E-state index contributed by atoms with van der Waals surface area (Å²) < 4.78 is 7.28.